The van der Waals surface area contributed by atoms with Gasteiger partial charge in [0.2, 0.25) is 5.95 Å². The van der Waals surface area contributed by atoms with Crippen LogP contribution in [-0.2, 0) is 6.54 Å². The van der Waals surface area contributed by atoms with Gasteiger partial charge in [-0.2, -0.15) is 9.50 Å². The van der Waals surface area contributed by atoms with Crippen LogP contribution in [0.3, 0.4) is 0 Å². The smallest absolute Gasteiger partial charge is 0.277 e. The second-order valence-electron chi connectivity index (χ2n) is 5.18. The average molecular weight is 283 g/mol. The van der Waals surface area contributed by atoms with Crippen molar-refractivity contribution in [2.45, 2.75) is 27.3 Å². The van der Waals surface area contributed by atoms with E-state index in [1.165, 1.54) is 10.1 Å². The summed E-state index contributed by atoms with van der Waals surface area (Å²) in [5.41, 5.74) is 3.58. The summed E-state index contributed by atoms with van der Waals surface area (Å²) in [6.45, 7) is 6.26. The highest BCUT2D eigenvalue weighted by Gasteiger charge is 2.09. The highest BCUT2D eigenvalue weighted by molar-refractivity contribution is 5.39. The number of fused-ring (bicyclic) bond motifs is 1. The minimum Gasteiger partial charge on any atom is -0.351 e. The Morgan fingerprint density at radius 1 is 1.24 bits per heavy atom. The van der Waals surface area contributed by atoms with E-state index >= 15 is 0 Å². The van der Waals surface area contributed by atoms with Crippen LogP contribution < -0.4 is 10.9 Å². The van der Waals surface area contributed by atoms with Crippen molar-refractivity contribution in [3.05, 3.63) is 57.0 Å². The first-order chi connectivity index (χ1) is 10.0. The molecule has 6 nitrogen and oxygen atoms in total. The quantitative estimate of drug-likeness (QED) is 0.770. The van der Waals surface area contributed by atoms with Gasteiger partial charge in [0.1, 0.15) is 0 Å². The van der Waals surface area contributed by atoms with E-state index in [1.54, 1.807) is 6.92 Å². The lowest BCUT2D eigenvalue weighted by atomic mass is 10.1. The van der Waals surface area contributed by atoms with Crippen LogP contribution in [0.4, 0.5) is 5.95 Å². The summed E-state index contributed by atoms with van der Waals surface area (Å²) in [5.74, 6) is 0.918. The molecule has 2 N–H and O–H groups in total. The molecule has 0 unspecified atom stereocenters. The molecular formula is C15H17N5O. The molecule has 2 aromatic heterocycles. The predicted molar refractivity (Wildman–Crippen MR) is 81.6 cm³/mol. The Morgan fingerprint density at radius 3 is 2.81 bits per heavy atom. The maximum Gasteiger partial charge on any atom is 0.277 e. The summed E-state index contributed by atoms with van der Waals surface area (Å²) in [7, 11) is 0. The predicted octanol–water partition coefficient (Wildman–Crippen LogP) is 1.95. The van der Waals surface area contributed by atoms with Crippen LogP contribution in [0, 0.1) is 20.8 Å². The maximum absolute atomic E-state index is 12.1. The summed E-state index contributed by atoms with van der Waals surface area (Å²) in [6, 6.07) is 8.22. The second-order valence-corrected chi connectivity index (χ2v) is 5.18. The number of anilines is 1. The van der Waals surface area contributed by atoms with Gasteiger partial charge >= 0.3 is 0 Å². The number of hydrogen-bond donors (Lipinski definition) is 2. The fourth-order valence-corrected chi connectivity index (χ4v) is 2.19. The molecule has 0 spiro atoms. The molecule has 0 saturated carbocycles. The van der Waals surface area contributed by atoms with Crippen molar-refractivity contribution in [1.29, 1.82) is 0 Å². The zero-order chi connectivity index (χ0) is 15.0. The molecule has 3 rings (SSSR count). The molecule has 6 heteroatoms. The van der Waals surface area contributed by atoms with Gasteiger partial charge in [0.15, 0.2) is 0 Å². The SMILES string of the molecule is Cc1cccc(CNc2nc3nc(C)c(C)c(=O)n3[nH]2)c1. The molecule has 3 aromatic rings. The Bertz CT molecular complexity index is 862. The number of rotatable bonds is 3. The Morgan fingerprint density at radius 2 is 2.05 bits per heavy atom. The van der Waals surface area contributed by atoms with Crippen LogP contribution in [0.15, 0.2) is 29.1 Å². The van der Waals surface area contributed by atoms with Gasteiger partial charge in [-0.15, -0.1) is 0 Å². The number of aromatic nitrogens is 4. The summed E-state index contributed by atoms with van der Waals surface area (Å²) >= 11 is 0. The summed E-state index contributed by atoms with van der Waals surface area (Å²) in [5, 5.41) is 6.11. The lowest BCUT2D eigenvalue weighted by Crippen LogP contribution is -2.19. The minimum atomic E-state index is -0.117. The third-order valence-electron chi connectivity index (χ3n) is 3.51. The normalized spacial score (nSPS) is 11.0. The van der Waals surface area contributed by atoms with Crippen molar-refractivity contribution in [1.82, 2.24) is 19.6 Å². The van der Waals surface area contributed by atoms with Crippen molar-refractivity contribution >= 4 is 11.7 Å². The van der Waals surface area contributed by atoms with Gasteiger partial charge in [-0.05, 0) is 26.3 Å². The third-order valence-corrected chi connectivity index (χ3v) is 3.51. The largest absolute Gasteiger partial charge is 0.351 e. The Kier molecular flexibility index (Phi) is 3.21. The van der Waals surface area contributed by atoms with E-state index in [0.29, 0.717) is 29.5 Å². The van der Waals surface area contributed by atoms with Crippen LogP contribution in [0.1, 0.15) is 22.4 Å². The van der Waals surface area contributed by atoms with E-state index in [9.17, 15) is 4.79 Å². The molecule has 0 aliphatic rings. The topological polar surface area (TPSA) is 75.1 Å². The van der Waals surface area contributed by atoms with Crippen molar-refractivity contribution in [2.24, 2.45) is 0 Å². The van der Waals surface area contributed by atoms with Gasteiger partial charge in [-0.25, -0.2) is 4.98 Å². The molecule has 0 amide bonds. The molecule has 1 aromatic carbocycles. The molecule has 108 valence electrons. The molecule has 0 fully saturated rings. The molecule has 0 atom stereocenters. The standard InChI is InChI=1S/C15H17N5O/c1-9-5-4-6-12(7-9)8-16-14-18-15-17-11(3)10(2)13(21)20(15)19-14/h4-7H,8H2,1-3H3,(H2,16,17,18,19). The Labute approximate surface area is 121 Å². The number of hydrogen-bond acceptors (Lipinski definition) is 4. The third kappa shape index (κ3) is 2.52. The van der Waals surface area contributed by atoms with Gasteiger partial charge in [0.05, 0.1) is 0 Å². The molecule has 0 aliphatic carbocycles. The fraction of sp³-hybridized carbons (Fsp3) is 0.267. The van der Waals surface area contributed by atoms with E-state index in [0.717, 1.165) is 5.56 Å². The zero-order valence-electron chi connectivity index (χ0n) is 12.3. The van der Waals surface area contributed by atoms with E-state index < -0.39 is 0 Å². The first-order valence-corrected chi connectivity index (χ1v) is 6.80. The monoisotopic (exact) mass is 283 g/mol. The van der Waals surface area contributed by atoms with Crippen LogP contribution in [0.25, 0.3) is 5.78 Å². The van der Waals surface area contributed by atoms with Gasteiger partial charge in [-0.3, -0.25) is 9.89 Å². The number of nitrogens with one attached hydrogen (secondary N) is 2. The highest BCUT2D eigenvalue weighted by atomic mass is 16.1. The second kappa shape index (κ2) is 5.05. The lowest BCUT2D eigenvalue weighted by Gasteiger charge is -2.03. The van der Waals surface area contributed by atoms with Gasteiger partial charge in [-0.1, -0.05) is 29.8 Å². The molecule has 0 saturated heterocycles. The fourth-order valence-electron chi connectivity index (χ4n) is 2.19. The van der Waals surface area contributed by atoms with Crippen molar-refractivity contribution in [3.8, 4) is 0 Å². The van der Waals surface area contributed by atoms with Crippen molar-refractivity contribution in [3.63, 3.8) is 0 Å². The van der Waals surface area contributed by atoms with Crippen molar-refractivity contribution < 1.29 is 0 Å². The van der Waals surface area contributed by atoms with Gasteiger partial charge < -0.3 is 5.32 Å². The van der Waals surface area contributed by atoms with E-state index in [1.807, 2.05) is 19.1 Å². The first-order valence-electron chi connectivity index (χ1n) is 6.80. The molecule has 0 radical (unpaired) electrons. The maximum atomic E-state index is 12.1. The highest BCUT2D eigenvalue weighted by Crippen LogP contribution is 2.08. The number of H-pyrrole nitrogens is 1. The van der Waals surface area contributed by atoms with Crippen LogP contribution in [0.5, 0.6) is 0 Å². The van der Waals surface area contributed by atoms with Crippen molar-refractivity contribution in [2.75, 3.05) is 5.32 Å². The minimum absolute atomic E-state index is 0.117. The number of aryl methyl sites for hydroxylation is 2. The van der Waals surface area contributed by atoms with Gasteiger partial charge in [0.25, 0.3) is 11.3 Å². The molecule has 0 aliphatic heterocycles. The van der Waals surface area contributed by atoms with Crippen LogP contribution in [-0.4, -0.2) is 19.6 Å². The van der Waals surface area contributed by atoms with E-state index in [2.05, 4.69) is 39.4 Å². The number of benzene rings is 1. The summed E-state index contributed by atoms with van der Waals surface area (Å²) in [6.07, 6.45) is 0. The number of nitrogens with zero attached hydrogens (tertiary/aromatic N) is 3. The summed E-state index contributed by atoms with van der Waals surface area (Å²) < 4.78 is 1.36. The van der Waals surface area contributed by atoms with Crippen LogP contribution >= 0.6 is 0 Å². The molecule has 21 heavy (non-hydrogen) atoms. The lowest BCUT2D eigenvalue weighted by molar-refractivity contribution is 0.870. The number of aromatic amines is 1. The molecule has 0 bridgehead atoms. The molecular weight excluding hydrogens is 266 g/mol. The zero-order valence-corrected chi connectivity index (χ0v) is 12.3. The van der Waals surface area contributed by atoms with Crippen LogP contribution in [0.2, 0.25) is 0 Å². The Balaban J connectivity index is 1.88. The average Bonchev–Trinajstić information content (AvgIpc) is 2.86. The first kappa shape index (κ1) is 13.4. The Hall–Kier alpha value is -2.63. The van der Waals surface area contributed by atoms with E-state index in [4.69, 9.17) is 0 Å². The molecule has 2 heterocycles. The summed E-state index contributed by atoms with van der Waals surface area (Å²) in [4.78, 5) is 20.7. The van der Waals surface area contributed by atoms with Gasteiger partial charge in [0, 0.05) is 17.8 Å². The van der Waals surface area contributed by atoms with E-state index in [-0.39, 0.29) is 5.56 Å².